The van der Waals surface area contributed by atoms with Crippen molar-refractivity contribution in [3.05, 3.63) is 35.9 Å². The molecule has 2 unspecified atom stereocenters. The van der Waals surface area contributed by atoms with Crippen LogP contribution >= 0.6 is 0 Å². The molecule has 1 aromatic rings. The quantitative estimate of drug-likeness (QED) is 0.434. The minimum Gasteiger partial charge on any atom is -0.469 e. The van der Waals surface area contributed by atoms with E-state index in [1.807, 2.05) is 18.2 Å². The average Bonchev–Trinajstić information content (AvgIpc) is 2.59. The van der Waals surface area contributed by atoms with E-state index in [9.17, 15) is 14.4 Å². The molecule has 0 saturated heterocycles. The molecule has 126 valence electrons. The molecule has 6 nitrogen and oxygen atoms in total. The SMILES string of the molecule is CCC(C(=O)OC)C(C)(C(=O)OC)C(=O)OCc1ccccc1. The van der Waals surface area contributed by atoms with Crippen LogP contribution in [0.25, 0.3) is 0 Å². The van der Waals surface area contributed by atoms with Gasteiger partial charge in [0, 0.05) is 0 Å². The highest BCUT2D eigenvalue weighted by Gasteiger charge is 2.53. The molecule has 0 saturated carbocycles. The van der Waals surface area contributed by atoms with Crippen LogP contribution in [-0.4, -0.2) is 32.1 Å². The van der Waals surface area contributed by atoms with E-state index in [1.54, 1.807) is 19.1 Å². The summed E-state index contributed by atoms with van der Waals surface area (Å²) in [7, 11) is 2.37. The molecule has 0 N–H and O–H groups in total. The summed E-state index contributed by atoms with van der Waals surface area (Å²) in [4.78, 5) is 36.7. The third-order valence-electron chi connectivity index (χ3n) is 3.84. The lowest BCUT2D eigenvalue weighted by Gasteiger charge is -2.30. The Labute approximate surface area is 135 Å². The monoisotopic (exact) mass is 322 g/mol. The topological polar surface area (TPSA) is 78.9 Å². The van der Waals surface area contributed by atoms with Crippen LogP contribution in [0, 0.1) is 11.3 Å². The molecule has 1 rings (SSSR count). The van der Waals surface area contributed by atoms with Crippen molar-refractivity contribution in [3.8, 4) is 0 Å². The molecule has 0 aliphatic carbocycles. The minimum absolute atomic E-state index is 0.00383. The van der Waals surface area contributed by atoms with Crippen molar-refractivity contribution in [2.24, 2.45) is 11.3 Å². The van der Waals surface area contributed by atoms with Gasteiger partial charge in [-0.1, -0.05) is 37.3 Å². The first-order chi connectivity index (χ1) is 10.9. The van der Waals surface area contributed by atoms with Gasteiger partial charge in [0.05, 0.1) is 20.1 Å². The number of rotatable bonds is 7. The lowest BCUT2D eigenvalue weighted by atomic mass is 9.75. The highest BCUT2D eigenvalue weighted by molar-refractivity contribution is 6.03. The third-order valence-corrected chi connectivity index (χ3v) is 3.84. The van der Waals surface area contributed by atoms with Gasteiger partial charge in [-0.2, -0.15) is 0 Å². The first-order valence-electron chi connectivity index (χ1n) is 7.29. The van der Waals surface area contributed by atoms with E-state index in [4.69, 9.17) is 14.2 Å². The third kappa shape index (κ3) is 4.09. The Morgan fingerprint density at radius 2 is 1.65 bits per heavy atom. The second-order valence-electron chi connectivity index (χ2n) is 5.24. The van der Waals surface area contributed by atoms with Crippen LogP contribution < -0.4 is 0 Å². The Balaban J connectivity index is 3.02. The highest BCUT2D eigenvalue weighted by Crippen LogP contribution is 2.34. The molecule has 0 spiro atoms. The molecular formula is C17H22O6. The fourth-order valence-corrected chi connectivity index (χ4v) is 2.41. The smallest absolute Gasteiger partial charge is 0.324 e. The number of hydrogen-bond acceptors (Lipinski definition) is 6. The highest BCUT2D eigenvalue weighted by atomic mass is 16.6. The van der Waals surface area contributed by atoms with Gasteiger partial charge in [0.2, 0.25) is 0 Å². The summed E-state index contributed by atoms with van der Waals surface area (Å²) in [6, 6.07) is 9.05. The van der Waals surface area contributed by atoms with E-state index in [0.717, 1.165) is 12.7 Å². The Bertz CT molecular complexity index is 553. The second kappa shape index (κ2) is 8.31. The maximum absolute atomic E-state index is 12.5. The molecule has 1 aromatic carbocycles. The fourth-order valence-electron chi connectivity index (χ4n) is 2.41. The first-order valence-corrected chi connectivity index (χ1v) is 7.29. The van der Waals surface area contributed by atoms with Gasteiger partial charge >= 0.3 is 17.9 Å². The zero-order chi connectivity index (χ0) is 17.5. The van der Waals surface area contributed by atoms with Crippen LogP contribution in [0.5, 0.6) is 0 Å². The van der Waals surface area contributed by atoms with Crippen LogP contribution in [0.15, 0.2) is 30.3 Å². The first kappa shape index (κ1) is 18.7. The van der Waals surface area contributed by atoms with Crippen molar-refractivity contribution >= 4 is 17.9 Å². The predicted octanol–water partition coefficient (Wildman–Crippen LogP) is 2.11. The van der Waals surface area contributed by atoms with Gasteiger partial charge in [-0.25, -0.2) is 0 Å². The fraction of sp³-hybridized carbons (Fsp3) is 0.471. The molecule has 0 radical (unpaired) electrons. The average molecular weight is 322 g/mol. The molecule has 0 aliphatic heterocycles. The molecule has 0 aromatic heterocycles. The summed E-state index contributed by atoms with van der Waals surface area (Å²) >= 11 is 0. The van der Waals surface area contributed by atoms with Crippen molar-refractivity contribution in [1.29, 1.82) is 0 Å². The van der Waals surface area contributed by atoms with Gasteiger partial charge in [-0.15, -0.1) is 0 Å². The lowest BCUT2D eigenvalue weighted by Crippen LogP contribution is -2.48. The van der Waals surface area contributed by atoms with Crippen LogP contribution in [0.3, 0.4) is 0 Å². The van der Waals surface area contributed by atoms with Crippen LogP contribution in [0.2, 0.25) is 0 Å². The largest absolute Gasteiger partial charge is 0.469 e. The van der Waals surface area contributed by atoms with Gasteiger partial charge < -0.3 is 14.2 Å². The van der Waals surface area contributed by atoms with Crippen molar-refractivity contribution < 1.29 is 28.6 Å². The molecule has 0 bridgehead atoms. The second-order valence-corrected chi connectivity index (χ2v) is 5.24. The van der Waals surface area contributed by atoms with E-state index >= 15 is 0 Å². The molecule has 0 heterocycles. The Kier molecular flexibility index (Phi) is 6.75. The van der Waals surface area contributed by atoms with Gasteiger partial charge in [-0.3, -0.25) is 14.4 Å². The normalized spacial score (nSPS) is 14.3. The molecule has 0 fully saturated rings. The zero-order valence-electron chi connectivity index (χ0n) is 13.8. The Morgan fingerprint density at radius 1 is 1.04 bits per heavy atom. The van der Waals surface area contributed by atoms with Gasteiger partial charge in [0.25, 0.3) is 0 Å². The van der Waals surface area contributed by atoms with Crippen molar-refractivity contribution in [1.82, 2.24) is 0 Å². The van der Waals surface area contributed by atoms with E-state index < -0.39 is 29.2 Å². The number of carbonyl (C=O) groups excluding carboxylic acids is 3. The Morgan fingerprint density at radius 3 is 2.13 bits per heavy atom. The number of hydrogen-bond donors (Lipinski definition) is 0. The summed E-state index contributed by atoms with van der Waals surface area (Å²) < 4.78 is 14.7. The number of esters is 3. The van der Waals surface area contributed by atoms with Gasteiger partial charge in [0.15, 0.2) is 5.41 Å². The molecular weight excluding hydrogens is 300 g/mol. The van der Waals surface area contributed by atoms with E-state index in [0.29, 0.717) is 0 Å². The van der Waals surface area contributed by atoms with Gasteiger partial charge in [0.1, 0.15) is 6.61 Å². The number of methoxy groups -OCH3 is 2. The van der Waals surface area contributed by atoms with E-state index in [1.165, 1.54) is 14.0 Å². The number of carbonyl (C=O) groups is 3. The molecule has 23 heavy (non-hydrogen) atoms. The summed E-state index contributed by atoms with van der Waals surface area (Å²) in [6.07, 6.45) is 0.235. The van der Waals surface area contributed by atoms with Crippen molar-refractivity contribution in [2.75, 3.05) is 14.2 Å². The molecule has 0 amide bonds. The molecule has 0 aliphatic rings. The summed E-state index contributed by atoms with van der Waals surface area (Å²) in [5.74, 6) is -3.28. The van der Waals surface area contributed by atoms with Gasteiger partial charge in [-0.05, 0) is 18.9 Å². The lowest BCUT2D eigenvalue weighted by molar-refractivity contribution is -0.181. The zero-order valence-corrected chi connectivity index (χ0v) is 13.8. The predicted molar refractivity (Wildman–Crippen MR) is 82.2 cm³/mol. The maximum Gasteiger partial charge on any atom is 0.324 e. The summed E-state index contributed by atoms with van der Waals surface area (Å²) in [5, 5.41) is 0. The number of benzene rings is 1. The molecule has 6 heteroatoms. The van der Waals surface area contributed by atoms with Crippen molar-refractivity contribution in [3.63, 3.8) is 0 Å². The summed E-state index contributed by atoms with van der Waals surface area (Å²) in [5.41, 5.74) is -0.982. The standard InChI is InChI=1S/C17H22O6/c1-5-13(14(18)21-3)17(2,15(19)22-4)16(20)23-11-12-9-7-6-8-10-12/h6-10,13H,5,11H2,1-4H3. The molecule has 2 atom stereocenters. The number of ether oxygens (including phenoxy) is 3. The van der Waals surface area contributed by atoms with E-state index in [-0.39, 0.29) is 13.0 Å². The Hall–Kier alpha value is -2.37. The maximum atomic E-state index is 12.5. The van der Waals surface area contributed by atoms with Crippen LogP contribution in [0.1, 0.15) is 25.8 Å². The van der Waals surface area contributed by atoms with E-state index in [2.05, 4.69) is 0 Å². The minimum atomic E-state index is -1.76. The van der Waals surface area contributed by atoms with Crippen LogP contribution in [0.4, 0.5) is 0 Å². The van der Waals surface area contributed by atoms with Crippen LogP contribution in [-0.2, 0) is 35.2 Å². The van der Waals surface area contributed by atoms with Crippen molar-refractivity contribution in [2.45, 2.75) is 26.9 Å². The summed E-state index contributed by atoms with van der Waals surface area (Å²) in [6.45, 7) is 3.04.